The number of aliphatic hydroxyl groups excluding tert-OH is 1. The second-order valence-corrected chi connectivity index (χ2v) is 3.63. The Morgan fingerprint density at radius 3 is 2.78 bits per heavy atom. The molecular weight excluding hydrogens is 234 g/mol. The maximum absolute atomic E-state index is 11.8. The smallest absolute Gasteiger partial charge is 0.251 e. The lowest BCUT2D eigenvalue weighted by molar-refractivity contribution is 0.0950. The van der Waals surface area contributed by atoms with E-state index in [1.165, 1.54) is 0 Å². The van der Waals surface area contributed by atoms with Crippen molar-refractivity contribution in [2.45, 2.75) is 13.3 Å². The van der Waals surface area contributed by atoms with Crippen LogP contribution < -0.4 is 14.8 Å². The summed E-state index contributed by atoms with van der Waals surface area (Å²) in [6.45, 7) is 2.89. The van der Waals surface area contributed by atoms with Crippen LogP contribution in [0.1, 0.15) is 23.7 Å². The standard InChI is InChI=1S/C13H19NO4/c1-3-18-12-9-10(5-6-11(12)17-2)13(16)14-7-4-8-15/h5-6,9,15H,3-4,7-8H2,1-2H3,(H,14,16). The van der Waals surface area contributed by atoms with Gasteiger partial charge in [0.05, 0.1) is 13.7 Å². The van der Waals surface area contributed by atoms with Crippen molar-refractivity contribution >= 4 is 5.91 Å². The molecule has 18 heavy (non-hydrogen) atoms. The highest BCUT2D eigenvalue weighted by molar-refractivity contribution is 5.94. The van der Waals surface area contributed by atoms with E-state index >= 15 is 0 Å². The number of carbonyl (C=O) groups excluding carboxylic acids is 1. The van der Waals surface area contributed by atoms with Crippen molar-refractivity contribution < 1.29 is 19.4 Å². The molecule has 0 saturated heterocycles. The van der Waals surface area contributed by atoms with Gasteiger partial charge in [0.25, 0.3) is 5.91 Å². The van der Waals surface area contributed by atoms with Gasteiger partial charge in [-0.15, -0.1) is 0 Å². The van der Waals surface area contributed by atoms with E-state index < -0.39 is 0 Å². The second kappa shape index (κ2) is 7.55. The molecule has 0 radical (unpaired) electrons. The van der Waals surface area contributed by atoms with Gasteiger partial charge in [-0.25, -0.2) is 0 Å². The third-order valence-corrected chi connectivity index (χ3v) is 2.35. The first-order valence-corrected chi connectivity index (χ1v) is 5.92. The van der Waals surface area contributed by atoms with Crippen LogP contribution in [0.5, 0.6) is 11.5 Å². The minimum absolute atomic E-state index is 0.0626. The summed E-state index contributed by atoms with van der Waals surface area (Å²) in [6.07, 6.45) is 0.542. The highest BCUT2D eigenvalue weighted by atomic mass is 16.5. The van der Waals surface area contributed by atoms with Gasteiger partial charge in [0.1, 0.15) is 0 Å². The molecule has 1 amide bonds. The fraction of sp³-hybridized carbons (Fsp3) is 0.462. The minimum atomic E-state index is -0.188. The van der Waals surface area contributed by atoms with Gasteiger partial charge >= 0.3 is 0 Å². The van der Waals surface area contributed by atoms with Gasteiger partial charge < -0.3 is 19.9 Å². The van der Waals surface area contributed by atoms with E-state index in [-0.39, 0.29) is 12.5 Å². The SMILES string of the molecule is CCOc1cc(C(=O)NCCCO)ccc1OC. The van der Waals surface area contributed by atoms with Gasteiger partial charge in [0.2, 0.25) is 0 Å². The largest absolute Gasteiger partial charge is 0.493 e. The highest BCUT2D eigenvalue weighted by Crippen LogP contribution is 2.27. The van der Waals surface area contributed by atoms with E-state index in [4.69, 9.17) is 14.6 Å². The van der Waals surface area contributed by atoms with Crippen molar-refractivity contribution in [1.82, 2.24) is 5.32 Å². The lowest BCUT2D eigenvalue weighted by Crippen LogP contribution is -2.25. The van der Waals surface area contributed by atoms with Crippen LogP contribution in [0.4, 0.5) is 0 Å². The summed E-state index contributed by atoms with van der Waals surface area (Å²) >= 11 is 0. The number of methoxy groups -OCH3 is 1. The molecule has 2 N–H and O–H groups in total. The van der Waals surface area contributed by atoms with Crippen LogP contribution in [0, 0.1) is 0 Å². The molecule has 0 saturated carbocycles. The van der Waals surface area contributed by atoms with Gasteiger partial charge in [-0.05, 0) is 31.5 Å². The van der Waals surface area contributed by atoms with Gasteiger partial charge in [-0.3, -0.25) is 4.79 Å². The molecule has 100 valence electrons. The summed E-state index contributed by atoms with van der Waals surface area (Å²) in [5.74, 6) is 0.964. The van der Waals surface area contributed by atoms with Gasteiger partial charge in [0.15, 0.2) is 11.5 Å². The lowest BCUT2D eigenvalue weighted by Gasteiger charge is -2.11. The van der Waals surface area contributed by atoms with Gasteiger partial charge in [0, 0.05) is 18.7 Å². The molecule has 0 aliphatic heterocycles. The summed E-state index contributed by atoms with van der Waals surface area (Å²) in [5, 5.41) is 11.4. The average Bonchev–Trinajstić information content (AvgIpc) is 2.39. The molecule has 0 aromatic heterocycles. The Morgan fingerprint density at radius 1 is 1.39 bits per heavy atom. The third kappa shape index (κ3) is 3.92. The maximum Gasteiger partial charge on any atom is 0.251 e. The molecule has 1 rings (SSSR count). The zero-order valence-corrected chi connectivity index (χ0v) is 10.7. The Labute approximate surface area is 107 Å². The van der Waals surface area contributed by atoms with Crippen LogP contribution in [-0.2, 0) is 0 Å². The molecule has 0 unspecified atom stereocenters. The number of ether oxygens (including phenoxy) is 2. The first kappa shape index (κ1) is 14.3. The summed E-state index contributed by atoms with van der Waals surface area (Å²) in [5.41, 5.74) is 0.511. The Balaban J connectivity index is 2.76. The van der Waals surface area contributed by atoms with Crippen molar-refractivity contribution in [1.29, 1.82) is 0 Å². The molecule has 0 heterocycles. The van der Waals surface area contributed by atoms with Crippen LogP contribution in [0.2, 0.25) is 0 Å². The number of carbonyl (C=O) groups is 1. The van der Waals surface area contributed by atoms with Crippen molar-refractivity contribution in [3.05, 3.63) is 23.8 Å². The molecule has 0 aliphatic rings. The third-order valence-electron chi connectivity index (χ3n) is 2.35. The molecule has 1 aromatic rings. The van der Waals surface area contributed by atoms with Crippen LogP contribution in [0.3, 0.4) is 0 Å². The Morgan fingerprint density at radius 2 is 2.17 bits per heavy atom. The predicted molar refractivity (Wildman–Crippen MR) is 68.2 cm³/mol. The molecular formula is C13H19NO4. The first-order valence-electron chi connectivity index (χ1n) is 5.92. The van der Waals surface area contributed by atoms with Crippen LogP contribution in [0.15, 0.2) is 18.2 Å². The van der Waals surface area contributed by atoms with Crippen molar-refractivity contribution in [2.24, 2.45) is 0 Å². The Hall–Kier alpha value is -1.75. The number of rotatable bonds is 7. The average molecular weight is 253 g/mol. The monoisotopic (exact) mass is 253 g/mol. The van der Waals surface area contributed by atoms with E-state index in [0.717, 1.165) is 0 Å². The fourth-order valence-corrected chi connectivity index (χ4v) is 1.47. The molecule has 1 aromatic carbocycles. The van der Waals surface area contributed by atoms with Crippen LogP contribution >= 0.6 is 0 Å². The number of nitrogens with one attached hydrogen (secondary N) is 1. The maximum atomic E-state index is 11.8. The number of benzene rings is 1. The van der Waals surface area contributed by atoms with E-state index in [1.54, 1.807) is 25.3 Å². The molecule has 5 heteroatoms. The highest BCUT2D eigenvalue weighted by Gasteiger charge is 2.10. The van der Waals surface area contributed by atoms with Crippen molar-refractivity contribution in [3.8, 4) is 11.5 Å². The number of hydrogen-bond donors (Lipinski definition) is 2. The second-order valence-electron chi connectivity index (χ2n) is 3.63. The zero-order chi connectivity index (χ0) is 13.4. The lowest BCUT2D eigenvalue weighted by atomic mass is 10.2. The molecule has 0 atom stereocenters. The van der Waals surface area contributed by atoms with E-state index in [0.29, 0.717) is 36.6 Å². The quantitative estimate of drug-likeness (QED) is 0.717. The van der Waals surface area contributed by atoms with E-state index in [9.17, 15) is 4.79 Å². The number of hydrogen-bond acceptors (Lipinski definition) is 4. The Bertz CT molecular complexity index is 393. The topological polar surface area (TPSA) is 67.8 Å². The number of amides is 1. The minimum Gasteiger partial charge on any atom is -0.493 e. The molecule has 0 fully saturated rings. The van der Waals surface area contributed by atoms with E-state index in [2.05, 4.69) is 5.32 Å². The summed E-state index contributed by atoms with van der Waals surface area (Å²) in [7, 11) is 1.55. The van der Waals surface area contributed by atoms with Crippen molar-refractivity contribution in [3.63, 3.8) is 0 Å². The zero-order valence-electron chi connectivity index (χ0n) is 10.7. The molecule has 0 aliphatic carbocycles. The molecule has 0 bridgehead atoms. The van der Waals surface area contributed by atoms with Gasteiger partial charge in [-0.1, -0.05) is 0 Å². The van der Waals surface area contributed by atoms with Gasteiger partial charge in [-0.2, -0.15) is 0 Å². The molecule has 0 spiro atoms. The predicted octanol–water partition coefficient (Wildman–Crippen LogP) is 1.21. The molecule has 5 nitrogen and oxygen atoms in total. The van der Waals surface area contributed by atoms with Crippen LogP contribution in [0.25, 0.3) is 0 Å². The first-order chi connectivity index (χ1) is 8.72. The Kier molecular flexibility index (Phi) is 6.00. The fourth-order valence-electron chi connectivity index (χ4n) is 1.47. The summed E-state index contributed by atoms with van der Waals surface area (Å²) in [6, 6.07) is 5.03. The van der Waals surface area contributed by atoms with Crippen LogP contribution in [-0.4, -0.2) is 37.9 Å². The normalized spacial score (nSPS) is 9.94. The van der Waals surface area contributed by atoms with E-state index in [1.807, 2.05) is 6.92 Å². The summed E-state index contributed by atoms with van der Waals surface area (Å²) in [4.78, 5) is 11.8. The van der Waals surface area contributed by atoms with Crippen molar-refractivity contribution in [2.75, 3.05) is 26.9 Å². The number of aliphatic hydroxyl groups is 1. The summed E-state index contributed by atoms with van der Waals surface area (Å²) < 4.78 is 10.5.